The number of pyridine rings is 1. The van der Waals surface area contributed by atoms with Gasteiger partial charge >= 0.3 is 7.12 Å². The molecule has 1 aromatic carbocycles. The zero-order valence-electron chi connectivity index (χ0n) is 14.3. The molecule has 0 saturated heterocycles. The van der Waals surface area contributed by atoms with Gasteiger partial charge in [-0.2, -0.15) is 4.98 Å². The number of anilines is 1. The second kappa shape index (κ2) is 6.45. The number of aryl methyl sites for hydroxylation is 1. The van der Waals surface area contributed by atoms with E-state index in [1.807, 2.05) is 0 Å². The van der Waals surface area contributed by atoms with Crippen molar-refractivity contribution < 1.29 is 22.6 Å². The van der Waals surface area contributed by atoms with Gasteiger partial charge in [0, 0.05) is 6.92 Å². The number of hydrogen-bond donors (Lipinski definition) is 2. The van der Waals surface area contributed by atoms with Crippen LogP contribution in [0.25, 0.3) is 11.4 Å². The molecule has 0 radical (unpaired) electrons. The Morgan fingerprint density at radius 1 is 1.33 bits per heavy atom. The molecule has 2 aromatic heterocycles. The number of nitrogens with two attached hydrogens (primary N) is 1. The molecule has 0 amide bonds. The summed E-state index contributed by atoms with van der Waals surface area (Å²) in [6, 6.07) is 6.51. The molecule has 27 heavy (non-hydrogen) atoms. The predicted octanol–water partition coefficient (Wildman–Crippen LogP) is 0.214. The lowest BCUT2D eigenvalue weighted by Crippen LogP contribution is -2.28. The first kappa shape index (κ1) is 17.6. The standard InChI is InChI=1S/C16H15BN4O5S/c1-9-20-15(21-26-9)13-5-12(18)6-19-16(13)27(23,24)8-10-2-3-11-7-25-17(22)14(11)4-10/h2-6,22H,7-8,18H2,1H3. The third-order valence-electron chi connectivity index (χ3n) is 4.17. The molecule has 1 aliphatic rings. The van der Waals surface area contributed by atoms with Crippen molar-refractivity contribution in [1.82, 2.24) is 15.1 Å². The van der Waals surface area contributed by atoms with Crippen LogP contribution in [0.4, 0.5) is 5.69 Å². The highest BCUT2D eigenvalue weighted by Gasteiger charge is 2.29. The van der Waals surface area contributed by atoms with Crippen LogP contribution in [0, 0.1) is 6.92 Å². The Hall–Kier alpha value is -2.76. The van der Waals surface area contributed by atoms with E-state index in [9.17, 15) is 13.4 Å². The average Bonchev–Trinajstić information content (AvgIpc) is 3.21. The second-order valence-corrected chi connectivity index (χ2v) is 8.12. The Morgan fingerprint density at radius 3 is 2.89 bits per heavy atom. The number of hydrogen-bond acceptors (Lipinski definition) is 9. The van der Waals surface area contributed by atoms with Gasteiger partial charge in [-0.1, -0.05) is 23.4 Å². The van der Waals surface area contributed by atoms with Crippen molar-refractivity contribution in [2.45, 2.75) is 24.3 Å². The summed E-state index contributed by atoms with van der Waals surface area (Å²) in [5, 5.41) is 13.4. The molecule has 11 heteroatoms. The maximum absolute atomic E-state index is 13.0. The molecule has 3 N–H and O–H groups in total. The molecule has 4 rings (SSSR count). The zero-order chi connectivity index (χ0) is 19.2. The van der Waals surface area contributed by atoms with Crippen molar-refractivity contribution in [3.63, 3.8) is 0 Å². The third-order valence-corrected chi connectivity index (χ3v) is 5.79. The third kappa shape index (κ3) is 3.32. The number of nitrogens with zero attached hydrogens (tertiary/aromatic N) is 3. The van der Waals surface area contributed by atoms with Gasteiger partial charge in [0.15, 0.2) is 14.9 Å². The molecule has 0 spiro atoms. The Kier molecular flexibility index (Phi) is 4.21. The van der Waals surface area contributed by atoms with Gasteiger partial charge in [-0.3, -0.25) is 0 Å². The number of sulfone groups is 1. The smallest absolute Gasteiger partial charge is 0.423 e. The van der Waals surface area contributed by atoms with Gasteiger partial charge in [0.1, 0.15) is 0 Å². The quantitative estimate of drug-likeness (QED) is 0.602. The van der Waals surface area contributed by atoms with Crippen molar-refractivity contribution in [3.8, 4) is 11.4 Å². The molecule has 3 heterocycles. The van der Waals surface area contributed by atoms with Crippen LogP contribution in [0.15, 0.2) is 40.0 Å². The maximum atomic E-state index is 13.0. The van der Waals surface area contributed by atoms with E-state index in [1.54, 1.807) is 25.1 Å². The minimum atomic E-state index is -3.85. The first-order chi connectivity index (χ1) is 12.8. The lowest BCUT2D eigenvalue weighted by molar-refractivity contribution is 0.275. The van der Waals surface area contributed by atoms with E-state index in [0.717, 1.165) is 5.56 Å². The summed E-state index contributed by atoms with van der Waals surface area (Å²) in [5.41, 5.74) is 8.13. The van der Waals surface area contributed by atoms with Crippen molar-refractivity contribution in [2.75, 3.05) is 5.73 Å². The van der Waals surface area contributed by atoms with Crippen molar-refractivity contribution in [2.24, 2.45) is 0 Å². The highest BCUT2D eigenvalue weighted by atomic mass is 32.2. The van der Waals surface area contributed by atoms with Gasteiger partial charge in [-0.15, -0.1) is 0 Å². The number of nitrogen functional groups attached to an aromatic ring is 1. The fourth-order valence-corrected chi connectivity index (χ4v) is 4.38. The van der Waals surface area contributed by atoms with Crippen molar-refractivity contribution in [3.05, 3.63) is 47.5 Å². The van der Waals surface area contributed by atoms with E-state index in [2.05, 4.69) is 15.1 Å². The Balaban J connectivity index is 1.74. The minimum absolute atomic E-state index is 0.101. The summed E-state index contributed by atoms with van der Waals surface area (Å²) in [6.07, 6.45) is 1.27. The SMILES string of the molecule is Cc1nc(-c2cc(N)cnc2S(=O)(=O)Cc2ccc3c(c2)B(O)OC3)no1. The molecule has 9 nitrogen and oxygen atoms in total. The first-order valence-corrected chi connectivity index (χ1v) is 9.69. The predicted molar refractivity (Wildman–Crippen MR) is 96.4 cm³/mol. The van der Waals surface area contributed by atoms with Gasteiger partial charge in [0.05, 0.1) is 29.8 Å². The lowest BCUT2D eigenvalue weighted by atomic mass is 9.79. The van der Waals surface area contributed by atoms with Gasteiger partial charge < -0.3 is 19.9 Å². The van der Waals surface area contributed by atoms with Crippen LogP contribution in [0.2, 0.25) is 0 Å². The summed E-state index contributed by atoms with van der Waals surface area (Å²) < 4.78 is 36.1. The number of benzene rings is 1. The normalized spacial score (nSPS) is 13.8. The molecule has 3 aromatic rings. The van der Waals surface area contributed by atoms with Gasteiger partial charge in [-0.05, 0) is 22.7 Å². The first-order valence-electron chi connectivity index (χ1n) is 8.04. The maximum Gasteiger partial charge on any atom is 0.491 e. The zero-order valence-corrected chi connectivity index (χ0v) is 15.1. The molecular weight excluding hydrogens is 371 g/mol. The fraction of sp³-hybridized carbons (Fsp3) is 0.188. The fourth-order valence-electron chi connectivity index (χ4n) is 2.93. The van der Waals surface area contributed by atoms with Crippen LogP contribution >= 0.6 is 0 Å². The van der Waals surface area contributed by atoms with Crippen molar-refractivity contribution in [1.29, 1.82) is 0 Å². The number of aromatic nitrogens is 3. The van der Waals surface area contributed by atoms with E-state index < -0.39 is 17.0 Å². The van der Waals surface area contributed by atoms with Crippen LogP contribution in [0.5, 0.6) is 0 Å². The summed E-state index contributed by atoms with van der Waals surface area (Å²) in [7, 11) is -4.89. The van der Waals surface area contributed by atoms with E-state index in [0.29, 0.717) is 23.5 Å². The van der Waals surface area contributed by atoms with E-state index >= 15 is 0 Å². The average molecular weight is 386 g/mol. The lowest BCUT2D eigenvalue weighted by Gasteiger charge is -2.09. The Bertz CT molecular complexity index is 1130. The minimum Gasteiger partial charge on any atom is -0.423 e. The van der Waals surface area contributed by atoms with Crippen LogP contribution in [-0.4, -0.2) is 35.7 Å². The number of fused-ring (bicyclic) bond motifs is 1. The molecule has 0 fully saturated rings. The van der Waals surface area contributed by atoms with Crippen molar-refractivity contribution >= 4 is 28.1 Å². The summed E-state index contributed by atoms with van der Waals surface area (Å²) in [6.45, 7) is 1.90. The highest BCUT2D eigenvalue weighted by Crippen LogP contribution is 2.28. The summed E-state index contributed by atoms with van der Waals surface area (Å²) in [5.74, 6) is 0.0836. The van der Waals surface area contributed by atoms with Crippen LogP contribution in [-0.2, 0) is 26.9 Å². The monoisotopic (exact) mass is 386 g/mol. The molecule has 0 saturated carbocycles. The van der Waals surface area contributed by atoms with E-state index in [-0.39, 0.29) is 27.9 Å². The van der Waals surface area contributed by atoms with Gasteiger partial charge in [-0.25, -0.2) is 13.4 Å². The van der Waals surface area contributed by atoms with Crippen LogP contribution in [0.1, 0.15) is 17.0 Å². The molecular formula is C16H15BN4O5S. The largest absolute Gasteiger partial charge is 0.491 e. The highest BCUT2D eigenvalue weighted by molar-refractivity contribution is 7.90. The van der Waals surface area contributed by atoms with E-state index in [1.165, 1.54) is 12.3 Å². The van der Waals surface area contributed by atoms with E-state index in [4.69, 9.17) is 14.9 Å². The van der Waals surface area contributed by atoms with Gasteiger partial charge in [0.2, 0.25) is 11.7 Å². The molecule has 1 aliphatic heterocycles. The molecule has 0 atom stereocenters. The molecule has 0 bridgehead atoms. The Labute approximate surface area is 155 Å². The summed E-state index contributed by atoms with van der Waals surface area (Å²) >= 11 is 0. The topological polar surface area (TPSA) is 141 Å². The van der Waals surface area contributed by atoms with Gasteiger partial charge in [0.25, 0.3) is 0 Å². The second-order valence-electron chi connectivity index (χ2n) is 6.21. The van der Waals surface area contributed by atoms with Crippen LogP contribution in [0.3, 0.4) is 0 Å². The molecule has 0 unspecified atom stereocenters. The summed E-state index contributed by atoms with van der Waals surface area (Å²) in [4.78, 5) is 8.08. The molecule has 0 aliphatic carbocycles. The molecule has 138 valence electrons. The Morgan fingerprint density at radius 2 is 2.15 bits per heavy atom. The van der Waals surface area contributed by atoms with Crippen LogP contribution < -0.4 is 11.2 Å². The number of rotatable bonds is 4.